The number of halogens is 1. The van der Waals surface area contributed by atoms with Gasteiger partial charge in [0, 0.05) is 5.02 Å². The first-order valence-electron chi connectivity index (χ1n) is 7.54. The van der Waals surface area contributed by atoms with Crippen LogP contribution in [-0.4, -0.2) is 18.2 Å². The zero-order valence-electron chi connectivity index (χ0n) is 13.0. The van der Waals surface area contributed by atoms with Gasteiger partial charge in [-0.2, -0.15) is 0 Å². The molecule has 0 bridgehead atoms. The Kier molecular flexibility index (Phi) is 6.68. The van der Waals surface area contributed by atoms with Crippen LogP contribution in [0, 0.1) is 0 Å². The van der Waals surface area contributed by atoms with Gasteiger partial charge in [0.05, 0.1) is 5.56 Å². The van der Waals surface area contributed by atoms with Gasteiger partial charge in [-0.05, 0) is 42.3 Å². The Morgan fingerprint density at radius 1 is 1.09 bits per heavy atom. The largest absolute Gasteiger partial charge is 0.490 e. The summed E-state index contributed by atoms with van der Waals surface area (Å²) in [6.07, 6.45) is 2.22. The van der Waals surface area contributed by atoms with Crippen molar-refractivity contribution in [3.8, 4) is 11.5 Å². The third-order valence-corrected chi connectivity index (χ3v) is 3.73. The molecule has 0 aliphatic carbocycles. The molecule has 0 aliphatic heterocycles. The van der Waals surface area contributed by atoms with E-state index in [1.54, 1.807) is 18.2 Å². The van der Waals surface area contributed by atoms with E-state index in [2.05, 4.69) is 19.1 Å². The monoisotopic (exact) mass is 349 g/mol. The molecule has 0 fully saturated rings. The number of hydrogen-bond donors (Lipinski definition) is 1. The van der Waals surface area contributed by atoms with Gasteiger partial charge < -0.3 is 15.2 Å². The maximum atomic E-state index is 5.94. The van der Waals surface area contributed by atoms with Crippen molar-refractivity contribution in [2.75, 3.05) is 13.2 Å². The predicted molar refractivity (Wildman–Crippen MR) is 98.8 cm³/mol. The van der Waals surface area contributed by atoms with Crippen LogP contribution in [0.15, 0.2) is 42.5 Å². The van der Waals surface area contributed by atoms with Gasteiger partial charge in [-0.3, -0.25) is 0 Å². The van der Waals surface area contributed by atoms with Gasteiger partial charge in [0.25, 0.3) is 0 Å². The molecule has 0 radical (unpaired) electrons. The second-order valence-electron chi connectivity index (χ2n) is 5.10. The van der Waals surface area contributed by atoms with Gasteiger partial charge in [0.1, 0.15) is 29.7 Å². The van der Waals surface area contributed by atoms with Crippen LogP contribution in [0.2, 0.25) is 5.02 Å². The first kappa shape index (κ1) is 17.6. The summed E-state index contributed by atoms with van der Waals surface area (Å²) in [6, 6.07) is 13.3. The summed E-state index contributed by atoms with van der Waals surface area (Å²) in [6.45, 7) is 3.00. The van der Waals surface area contributed by atoms with Gasteiger partial charge >= 0.3 is 0 Å². The van der Waals surface area contributed by atoms with Crippen LogP contribution in [-0.2, 0) is 6.42 Å². The van der Waals surface area contributed by atoms with Gasteiger partial charge in [-0.15, -0.1) is 0 Å². The first-order valence-corrected chi connectivity index (χ1v) is 8.32. The SMILES string of the molecule is CCCc1ccc(OCCOc2ccc(Cl)cc2C(N)=S)cc1. The Hall–Kier alpha value is -1.78. The standard InChI is InChI=1S/C18H20ClNO2S/c1-2-3-13-4-7-15(8-5-13)21-10-11-22-17-9-6-14(19)12-16(17)18(20)23/h4-9,12H,2-3,10-11H2,1H3,(H2,20,23). The second kappa shape index (κ2) is 8.75. The Bertz CT molecular complexity index is 659. The summed E-state index contributed by atoms with van der Waals surface area (Å²) in [5.74, 6) is 1.45. The zero-order chi connectivity index (χ0) is 16.7. The number of benzene rings is 2. The quantitative estimate of drug-likeness (QED) is 0.567. The highest BCUT2D eigenvalue weighted by molar-refractivity contribution is 7.80. The molecule has 0 spiro atoms. The minimum absolute atomic E-state index is 0.259. The minimum atomic E-state index is 0.259. The molecule has 5 heteroatoms. The van der Waals surface area contributed by atoms with Crippen LogP contribution in [0.25, 0.3) is 0 Å². The highest BCUT2D eigenvalue weighted by atomic mass is 35.5. The van der Waals surface area contributed by atoms with Crippen molar-refractivity contribution in [2.24, 2.45) is 5.73 Å². The van der Waals surface area contributed by atoms with Gasteiger partial charge in [0.15, 0.2) is 0 Å². The molecule has 0 saturated heterocycles. The molecule has 0 amide bonds. The van der Waals surface area contributed by atoms with E-state index < -0.39 is 0 Å². The summed E-state index contributed by atoms with van der Waals surface area (Å²) < 4.78 is 11.4. The van der Waals surface area contributed by atoms with E-state index in [1.165, 1.54) is 5.56 Å². The lowest BCUT2D eigenvalue weighted by molar-refractivity contribution is 0.217. The van der Waals surface area contributed by atoms with Crippen LogP contribution >= 0.6 is 23.8 Å². The molecule has 2 N–H and O–H groups in total. The van der Waals surface area contributed by atoms with Gasteiger partial charge in [-0.25, -0.2) is 0 Å². The highest BCUT2D eigenvalue weighted by Gasteiger charge is 2.07. The molecule has 2 aromatic rings. The molecule has 0 heterocycles. The van der Waals surface area contributed by atoms with Crippen molar-refractivity contribution in [1.82, 2.24) is 0 Å². The molecule has 3 nitrogen and oxygen atoms in total. The Labute approximate surface area is 147 Å². The molecular weight excluding hydrogens is 330 g/mol. The van der Waals surface area contributed by atoms with Crippen molar-refractivity contribution in [2.45, 2.75) is 19.8 Å². The number of aryl methyl sites for hydroxylation is 1. The molecule has 0 aliphatic rings. The van der Waals surface area contributed by atoms with Crippen LogP contribution in [0.5, 0.6) is 11.5 Å². The van der Waals surface area contributed by atoms with Crippen LogP contribution in [0.4, 0.5) is 0 Å². The van der Waals surface area contributed by atoms with Crippen molar-refractivity contribution in [3.05, 3.63) is 58.6 Å². The molecule has 122 valence electrons. The van der Waals surface area contributed by atoms with Crippen molar-refractivity contribution < 1.29 is 9.47 Å². The fourth-order valence-corrected chi connectivity index (χ4v) is 2.50. The maximum absolute atomic E-state index is 5.94. The highest BCUT2D eigenvalue weighted by Crippen LogP contribution is 2.23. The van der Waals surface area contributed by atoms with Crippen molar-refractivity contribution in [3.63, 3.8) is 0 Å². The summed E-state index contributed by atoms with van der Waals surface area (Å²) in [5, 5.41) is 0.573. The Morgan fingerprint density at radius 2 is 1.78 bits per heavy atom. The Morgan fingerprint density at radius 3 is 2.43 bits per heavy atom. The minimum Gasteiger partial charge on any atom is -0.490 e. The number of nitrogens with two attached hydrogens (primary N) is 1. The fourth-order valence-electron chi connectivity index (χ4n) is 2.17. The van der Waals surface area contributed by atoms with E-state index >= 15 is 0 Å². The summed E-state index contributed by atoms with van der Waals surface area (Å²) in [4.78, 5) is 0.259. The van der Waals surface area contributed by atoms with Crippen LogP contribution in [0.1, 0.15) is 24.5 Å². The fraction of sp³-hybridized carbons (Fsp3) is 0.278. The van der Waals surface area contributed by atoms with E-state index in [9.17, 15) is 0 Å². The topological polar surface area (TPSA) is 44.5 Å². The average molecular weight is 350 g/mol. The lowest BCUT2D eigenvalue weighted by Crippen LogP contribution is -2.14. The zero-order valence-corrected chi connectivity index (χ0v) is 14.6. The molecule has 0 aromatic heterocycles. The normalized spacial score (nSPS) is 10.3. The third-order valence-electron chi connectivity index (χ3n) is 3.28. The maximum Gasteiger partial charge on any atom is 0.129 e. The molecule has 2 rings (SSSR count). The smallest absolute Gasteiger partial charge is 0.129 e. The second-order valence-corrected chi connectivity index (χ2v) is 5.97. The van der Waals surface area contributed by atoms with E-state index in [4.69, 9.17) is 39.0 Å². The molecule has 2 aromatic carbocycles. The molecule has 0 saturated carbocycles. The number of rotatable bonds is 8. The number of thiocarbonyl (C=S) groups is 1. The predicted octanol–water partition coefficient (Wildman–Crippen LogP) is 4.38. The summed E-state index contributed by atoms with van der Waals surface area (Å²) in [5.41, 5.74) is 7.63. The first-order chi connectivity index (χ1) is 11.1. The lowest BCUT2D eigenvalue weighted by atomic mass is 10.1. The van der Waals surface area contributed by atoms with Crippen molar-refractivity contribution >= 4 is 28.8 Å². The average Bonchev–Trinajstić information content (AvgIpc) is 2.54. The van der Waals surface area contributed by atoms with Crippen LogP contribution in [0.3, 0.4) is 0 Å². The molecule has 0 unspecified atom stereocenters. The van der Waals surface area contributed by atoms with Gasteiger partial charge in [0.2, 0.25) is 0 Å². The van der Waals surface area contributed by atoms with Crippen molar-refractivity contribution in [1.29, 1.82) is 0 Å². The van der Waals surface area contributed by atoms with E-state index in [1.807, 2.05) is 12.1 Å². The molecule has 23 heavy (non-hydrogen) atoms. The number of hydrogen-bond acceptors (Lipinski definition) is 3. The lowest BCUT2D eigenvalue weighted by Gasteiger charge is -2.12. The summed E-state index contributed by atoms with van der Waals surface area (Å²) >= 11 is 10.9. The molecule has 0 atom stereocenters. The van der Waals surface area contributed by atoms with Crippen LogP contribution < -0.4 is 15.2 Å². The third kappa shape index (κ3) is 5.41. The van der Waals surface area contributed by atoms with E-state index in [0.717, 1.165) is 18.6 Å². The van der Waals surface area contributed by atoms with Gasteiger partial charge in [-0.1, -0.05) is 49.3 Å². The summed E-state index contributed by atoms with van der Waals surface area (Å²) in [7, 11) is 0. The van der Waals surface area contributed by atoms with E-state index in [-0.39, 0.29) is 4.99 Å². The van der Waals surface area contributed by atoms with E-state index in [0.29, 0.717) is 29.5 Å². The Balaban J connectivity index is 1.84. The number of ether oxygens (including phenoxy) is 2. The molecular formula is C18H20ClNO2S.